The molecule has 10 rings (SSSR count). The molecule has 0 atom stereocenters. The summed E-state index contributed by atoms with van der Waals surface area (Å²) in [5, 5.41) is 0. The monoisotopic (exact) mass is 736 g/mol. The van der Waals surface area contributed by atoms with Crippen LogP contribution in [0.3, 0.4) is 0 Å². The van der Waals surface area contributed by atoms with Crippen LogP contribution in [0.15, 0.2) is 158 Å². The Kier molecular flexibility index (Phi) is 7.82. The number of hydrogen-bond donors (Lipinski definition) is 0. The fraction of sp³-hybridized carbons (Fsp3) is 0.170. The van der Waals surface area contributed by atoms with Crippen LogP contribution in [0.4, 0.5) is 0 Å². The molecule has 2 aromatic heterocycles. The summed E-state index contributed by atoms with van der Waals surface area (Å²) in [4.78, 5) is 19.5. The smallest absolute Gasteiger partial charge is 0.159 e. The molecule has 4 nitrogen and oxygen atoms in total. The number of rotatable bonds is 4. The fourth-order valence-electron chi connectivity index (χ4n) is 8.99. The molecular weight excluding hydrogens is 693 g/mol. The van der Waals surface area contributed by atoms with Gasteiger partial charge in [-0.1, -0.05) is 163 Å². The van der Waals surface area contributed by atoms with Crippen molar-refractivity contribution in [3.05, 3.63) is 192 Å². The van der Waals surface area contributed by atoms with E-state index in [2.05, 4.69) is 175 Å². The van der Waals surface area contributed by atoms with E-state index in [0.29, 0.717) is 0 Å². The van der Waals surface area contributed by atoms with E-state index in [0.717, 1.165) is 45.0 Å². The summed E-state index contributed by atoms with van der Waals surface area (Å²) in [6.45, 7) is 13.4. The summed E-state index contributed by atoms with van der Waals surface area (Å²) in [7, 11) is 0. The Morgan fingerprint density at radius 2 is 0.667 bits per heavy atom. The normalized spacial score (nSPS) is 13.6. The van der Waals surface area contributed by atoms with Crippen molar-refractivity contribution in [3.63, 3.8) is 0 Å². The molecule has 0 amide bonds. The van der Waals surface area contributed by atoms with Gasteiger partial charge in [-0.3, -0.25) is 0 Å². The summed E-state index contributed by atoms with van der Waals surface area (Å²) < 4.78 is 0. The highest BCUT2D eigenvalue weighted by Crippen LogP contribution is 2.63. The lowest BCUT2D eigenvalue weighted by molar-refractivity contribution is 0.590. The van der Waals surface area contributed by atoms with Crippen LogP contribution in [0, 0.1) is 0 Å². The van der Waals surface area contributed by atoms with Crippen molar-refractivity contribution in [2.75, 3.05) is 0 Å². The zero-order valence-electron chi connectivity index (χ0n) is 33.3. The Morgan fingerprint density at radius 3 is 1.04 bits per heavy atom. The van der Waals surface area contributed by atoms with Crippen LogP contribution in [0.1, 0.15) is 74.9 Å². The molecule has 0 radical (unpaired) electrons. The summed E-state index contributed by atoms with van der Waals surface area (Å²) in [6.07, 6.45) is 7.86. The minimum Gasteiger partial charge on any atom is -0.236 e. The molecule has 57 heavy (non-hydrogen) atoms. The maximum Gasteiger partial charge on any atom is 0.159 e. The van der Waals surface area contributed by atoms with Gasteiger partial charge in [-0.15, -0.1) is 0 Å². The molecular formula is C53H44N4. The summed E-state index contributed by atoms with van der Waals surface area (Å²) in [5.74, 6) is 1.46. The van der Waals surface area contributed by atoms with Gasteiger partial charge in [0.1, 0.15) is 0 Å². The van der Waals surface area contributed by atoms with E-state index in [1.165, 1.54) is 55.6 Å². The summed E-state index contributed by atoms with van der Waals surface area (Å²) >= 11 is 0. The van der Waals surface area contributed by atoms with E-state index >= 15 is 0 Å². The van der Waals surface area contributed by atoms with Crippen molar-refractivity contribution in [3.8, 4) is 67.3 Å². The van der Waals surface area contributed by atoms with Gasteiger partial charge in [0.05, 0.1) is 5.41 Å². The highest BCUT2D eigenvalue weighted by molar-refractivity contribution is 5.96. The maximum atomic E-state index is 4.87. The average molecular weight is 737 g/mol. The van der Waals surface area contributed by atoms with Crippen LogP contribution < -0.4 is 0 Å². The Balaban J connectivity index is 1.07. The molecule has 2 aliphatic rings. The minimum absolute atomic E-state index is 0.0928. The number of nitrogens with zero attached hydrogens (tertiary/aromatic N) is 4. The molecule has 2 heterocycles. The van der Waals surface area contributed by atoms with Crippen LogP contribution in [0.5, 0.6) is 0 Å². The Bertz CT molecular complexity index is 2620. The second-order valence-electron chi connectivity index (χ2n) is 17.6. The Hall–Kier alpha value is -6.52. The second kappa shape index (κ2) is 12.8. The third kappa shape index (κ3) is 5.57. The zero-order valence-corrected chi connectivity index (χ0v) is 33.3. The van der Waals surface area contributed by atoms with E-state index in [9.17, 15) is 0 Å². The van der Waals surface area contributed by atoms with E-state index in [1.807, 2.05) is 24.8 Å². The first-order chi connectivity index (χ1) is 27.5. The molecule has 276 valence electrons. The van der Waals surface area contributed by atoms with Crippen LogP contribution >= 0.6 is 0 Å². The zero-order chi connectivity index (χ0) is 39.1. The van der Waals surface area contributed by atoms with E-state index < -0.39 is 5.41 Å². The lowest BCUT2D eigenvalue weighted by atomic mass is 9.70. The van der Waals surface area contributed by atoms with Gasteiger partial charge >= 0.3 is 0 Å². The summed E-state index contributed by atoms with van der Waals surface area (Å²) in [5.41, 5.74) is 18.7. The first-order valence-electron chi connectivity index (χ1n) is 19.9. The van der Waals surface area contributed by atoms with E-state index in [1.54, 1.807) is 0 Å². The number of fused-ring (bicyclic) bond motifs is 10. The van der Waals surface area contributed by atoms with Crippen molar-refractivity contribution in [2.24, 2.45) is 0 Å². The second-order valence-corrected chi connectivity index (χ2v) is 17.6. The van der Waals surface area contributed by atoms with Crippen LogP contribution in [-0.4, -0.2) is 19.9 Å². The first kappa shape index (κ1) is 34.9. The van der Waals surface area contributed by atoms with Crippen molar-refractivity contribution < 1.29 is 0 Å². The molecule has 0 fully saturated rings. The lowest BCUT2D eigenvalue weighted by Crippen LogP contribution is -2.26. The molecule has 2 aliphatic carbocycles. The first-order valence-corrected chi connectivity index (χ1v) is 19.9. The third-order valence-electron chi connectivity index (χ3n) is 12.1. The Morgan fingerprint density at radius 1 is 0.333 bits per heavy atom. The predicted octanol–water partition coefficient (Wildman–Crippen LogP) is 12.9. The van der Waals surface area contributed by atoms with E-state index in [-0.39, 0.29) is 10.8 Å². The fourth-order valence-corrected chi connectivity index (χ4v) is 8.99. The third-order valence-corrected chi connectivity index (χ3v) is 12.1. The van der Waals surface area contributed by atoms with Gasteiger partial charge in [0.25, 0.3) is 0 Å². The molecule has 0 N–H and O–H groups in total. The van der Waals surface area contributed by atoms with E-state index in [4.69, 9.17) is 19.9 Å². The van der Waals surface area contributed by atoms with Gasteiger partial charge in [0, 0.05) is 47.0 Å². The number of hydrogen-bond acceptors (Lipinski definition) is 4. The summed E-state index contributed by atoms with van der Waals surface area (Å²) in [6, 6.07) is 48.9. The maximum absolute atomic E-state index is 4.87. The molecule has 0 aliphatic heterocycles. The van der Waals surface area contributed by atoms with Gasteiger partial charge in [0.2, 0.25) is 0 Å². The number of aromatic nitrogens is 4. The molecule has 6 aromatic carbocycles. The molecule has 4 heteroatoms. The Labute approximate surface area is 335 Å². The van der Waals surface area contributed by atoms with Crippen molar-refractivity contribution in [1.82, 2.24) is 19.9 Å². The van der Waals surface area contributed by atoms with Crippen LogP contribution in [0.25, 0.3) is 67.3 Å². The largest absolute Gasteiger partial charge is 0.236 e. The quantitative estimate of drug-likeness (QED) is 0.180. The lowest BCUT2D eigenvalue weighted by Gasteiger charge is -2.31. The van der Waals surface area contributed by atoms with Crippen molar-refractivity contribution in [1.29, 1.82) is 0 Å². The highest BCUT2D eigenvalue weighted by atomic mass is 14.9. The van der Waals surface area contributed by atoms with Gasteiger partial charge in [-0.05, 0) is 89.7 Å². The van der Waals surface area contributed by atoms with Gasteiger partial charge < -0.3 is 0 Å². The van der Waals surface area contributed by atoms with Crippen molar-refractivity contribution >= 4 is 0 Å². The van der Waals surface area contributed by atoms with Gasteiger partial charge in [-0.25, -0.2) is 19.9 Å². The standard InChI is InChI=1S/C53H44N4/c1-51(2,3)39-21-15-33(16-22-39)49-54-29-37(30-55-49)35-19-25-43-41-11-7-9-13-45(41)53(47(43)27-35)46-14-10-8-12-42(46)44-26-20-36(28-48(44)53)38-31-56-50(57-32-38)34-17-23-40(24-18-34)52(4,5)6/h7-32H,1-6H3. The molecule has 8 aromatic rings. The van der Waals surface area contributed by atoms with Crippen LogP contribution in [-0.2, 0) is 16.2 Å². The van der Waals surface area contributed by atoms with Gasteiger partial charge in [0.15, 0.2) is 11.6 Å². The van der Waals surface area contributed by atoms with Crippen LogP contribution in [0.2, 0.25) is 0 Å². The molecule has 1 spiro atoms. The highest BCUT2D eigenvalue weighted by Gasteiger charge is 2.51. The average Bonchev–Trinajstić information content (AvgIpc) is 3.70. The van der Waals surface area contributed by atoms with Crippen molar-refractivity contribution in [2.45, 2.75) is 57.8 Å². The molecule has 0 bridgehead atoms. The number of benzene rings is 6. The molecule has 0 unspecified atom stereocenters. The molecule has 0 saturated carbocycles. The van der Waals surface area contributed by atoms with Gasteiger partial charge in [-0.2, -0.15) is 0 Å². The topological polar surface area (TPSA) is 51.6 Å². The minimum atomic E-state index is -0.505. The molecule has 0 saturated heterocycles. The SMILES string of the molecule is CC(C)(C)c1ccc(-c2ncc(-c3ccc4c(c3)C3(c5ccccc5-4)c4ccccc4-c4ccc(-c5cnc(-c6ccc(C(C)(C)C)cc6)nc5)cc43)cn2)cc1. The predicted molar refractivity (Wildman–Crippen MR) is 233 cm³/mol.